The van der Waals surface area contributed by atoms with Crippen molar-refractivity contribution in [2.45, 2.75) is 20.0 Å². The van der Waals surface area contributed by atoms with Gasteiger partial charge in [0.2, 0.25) is 0 Å². The van der Waals surface area contributed by atoms with Crippen LogP contribution in [-0.4, -0.2) is 34.5 Å². The fourth-order valence-electron chi connectivity index (χ4n) is 1.81. The summed E-state index contributed by atoms with van der Waals surface area (Å²) in [6.07, 6.45) is 0.0145. The SMILES string of the molecule is COc1cc(-c2cc(C(=O)O)[nH]n2)c(Br)cc1OC(C)C. The van der Waals surface area contributed by atoms with E-state index in [9.17, 15) is 4.79 Å². The molecule has 0 amide bonds. The number of nitrogens with zero attached hydrogens (tertiary/aromatic N) is 1. The van der Waals surface area contributed by atoms with E-state index in [1.807, 2.05) is 13.8 Å². The highest BCUT2D eigenvalue weighted by molar-refractivity contribution is 9.10. The molecule has 0 fully saturated rings. The van der Waals surface area contributed by atoms with Gasteiger partial charge in [0.15, 0.2) is 11.5 Å². The molecule has 112 valence electrons. The number of hydrogen-bond acceptors (Lipinski definition) is 4. The van der Waals surface area contributed by atoms with Crippen LogP contribution in [0.1, 0.15) is 24.3 Å². The molecule has 0 saturated heterocycles. The molecule has 0 radical (unpaired) electrons. The number of ether oxygens (including phenoxy) is 2. The number of aromatic carboxylic acids is 1. The molecular formula is C14H15BrN2O4. The van der Waals surface area contributed by atoms with Crippen LogP contribution in [0, 0.1) is 0 Å². The van der Waals surface area contributed by atoms with E-state index < -0.39 is 5.97 Å². The molecule has 2 N–H and O–H groups in total. The minimum atomic E-state index is -1.06. The summed E-state index contributed by atoms with van der Waals surface area (Å²) in [4.78, 5) is 10.9. The van der Waals surface area contributed by atoms with Crippen LogP contribution < -0.4 is 9.47 Å². The fourth-order valence-corrected chi connectivity index (χ4v) is 2.33. The number of aromatic amines is 1. The Labute approximate surface area is 130 Å². The predicted octanol–water partition coefficient (Wildman–Crippen LogP) is 3.33. The average molecular weight is 355 g/mol. The van der Waals surface area contributed by atoms with Gasteiger partial charge in [-0.3, -0.25) is 5.10 Å². The smallest absolute Gasteiger partial charge is 0.353 e. The van der Waals surface area contributed by atoms with E-state index in [4.69, 9.17) is 14.6 Å². The maximum Gasteiger partial charge on any atom is 0.353 e. The van der Waals surface area contributed by atoms with Crippen LogP contribution in [0.2, 0.25) is 0 Å². The van der Waals surface area contributed by atoms with Gasteiger partial charge >= 0.3 is 5.97 Å². The molecule has 0 aliphatic rings. The maximum absolute atomic E-state index is 10.9. The van der Waals surface area contributed by atoms with Crippen LogP contribution >= 0.6 is 15.9 Å². The summed E-state index contributed by atoms with van der Waals surface area (Å²) in [6.45, 7) is 3.85. The second-order valence-corrected chi connectivity index (χ2v) is 5.48. The van der Waals surface area contributed by atoms with Crippen molar-refractivity contribution in [3.8, 4) is 22.8 Å². The number of carboxylic acids is 1. The Morgan fingerprint density at radius 1 is 1.33 bits per heavy atom. The van der Waals surface area contributed by atoms with Gasteiger partial charge in [0.1, 0.15) is 5.69 Å². The summed E-state index contributed by atoms with van der Waals surface area (Å²) in [6, 6.07) is 5.00. The molecule has 0 bridgehead atoms. The van der Waals surface area contributed by atoms with E-state index >= 15 is 0 Å². The molecule has 0 aliphatic heterocycles. The van der Waals surface area contributed by atoms with Crippen LogP contribution in [0.25, 0.3) is 11.3 Å². The van der Waals surface area contributed by atoms with Crippen LogP contribution in [0.5, 0.6) is 11.5 Å². The number of nitrogens with one attached hydrogen (secondary N) is 1. The van der Waals surface area contributed by atoms with E-state index in [1.54, 1.807) is 19.2 Å². The molecule has 1 aromatic heterocycles. The highest BCUT2D eigenvalue weighted by Gasteiger charge is 2.16. The van der Waals surface area contributed by atoms with Gasteiger partial charge in [-0.25, -0.2) is 4.79 Å². The molecule has 1 heterocycles. The number of hydrogen-bond donors (Lipinski definition) is 2. The van der Waals surface area contributed by atoms with Gasteiger partial charge < -0.3 is 14.6 Å². The van der Waals surface area contributed by atoms with Crippen molar-refractivity contribution in [1.82, 2.24) is 10.2 Å². The van der Waals surface area contributed by atoms with Gasteiger partial charge in [0.25, 0.3) is 0 Å². The Balaban J connectivity index is 2.46. The molecule has 0 aliphatic carbocycles. The average Bonchev–Trinajstić information content (AvgIpc) is 2.88. The van der Waals surface area contributed by atoms with Crippen molar-refractivity contribution in [3.63, 3.8) is 0 Å². The third-order valence-corrected chi connectivity index (χ3v) is 3.36. The number of halogens is 1. The summed E-state index contributed by atoms with van der Waals surface area (Å²) in [7, 11) is 1.55. The normalized spacial score (nSPS) is 10.7. The second-order valence-electron chi connectivity index (χ2n) is 4.62. The Hall–Kier alpha value is -2.02. The highest BCUT2D eigenvalue weighted by atomic mass is 79.9. The Morgan fingerprint density at radius 3 is 2.57 bits per heavy atom. The first-order chi connectivity index (χ1) is 9.92. The molecule has 7 heteroatoms. The van der Waals surface area contributed by atoms with Crippen molar-refractivity contribution in [3.05, 3.63) is 28.4 Å². The molecule has 2 aromatic rings. The van der Waals surface area contributed by atoms with Gasteiger partial charge in [0.05, 0.1) is 18.9 Å². The second kappa shape index (κ2) is 6.17. The monoisotopic (exact) mass is 354 g/mol. The van der Waals surface area contributed by atoms with Crippen molar-refractivity contribution in [2.24, 2.45) is 0 Å². The summed E-state index contributed by atoms with van der Waals surface area (Å²) >= 11 is 3.45. The standard InChI is InChI=1S/C14H15BrN2O4/c1-7(2)21-13-5-9(15)8(4-12(13)20-3)10-6-11(14(18)19)17-16-10/h4-7H,1-3H3,(H,16,17)(H,18,19). The first kappa shape index (κ1) is 15.4. The summed E-state index contributed by atoms with van der Waals surface area (Å²) in [5.41, 5.74) is 1.25. The number of H-pyrrole nitrogens is 1. The van der Waals surface area contributed by atoms with Gasteiger partial charge in [-0.15, -0.1) is 0 Å². The van der Waals surface area contributed by atoms with Crippen LogP contribution in [0.3, 0.4) is 0 Å². The Morgan fingerprint density at radius 2 is 2.05 bits per heavy atom. The van der Waals surface area contributed by atoms with Crippen molar-refractivity contribution in [2.75, 3.05) is 7.11 Å². The molecule has 0 saturated carbocycles. The highest BCUT2D eigenvalue weighted by Crippen LogP contribution is 2.38. The molecular weight excluding hydrogens is 340 g/mol. The van der Waals surface area contributed by atoms with E-state index in [0.29, 0.717) is 22.8 Å². The lowest BCUT2D eigenvalue weighted by Gasteiger charge is -2.15. The zero-order valence-electron chi connectivity index (χ0n) is 11.8. The van der Waals surface area contributed by atoms with Gasteiger partial charge in [0, 0.05) is 10.0 Å². The molecule has 0 spiro atoms. The van der Waals surface area contributed by atoms with Crippen molar-refractivity contribution >= 4 is 21.9 Å². The zero-order valence-corrected chi connectivity index (χ0v) is 13.4. The number of aromatic nitrogens is 2. The molecule has 6 nitrogen and oxygen atoms in total. The third kappa shape index (κ3) is 3.36. The number of carbonyl (C=O) groups is 1. The van der Waals surface area contributed by atoms with Gasteiger partial charge in [-0.05, 0) is 48.0 Å². The first-order valence-corrected chi connectivity index (χ1v) is 7.05. The van der Waals surface area contributed by atoms with Gasteiger partial charge in [-0.2, -0.15) is 5.10 Å². The topological polar surface area (TPSA) is 84.4 Å². The number of methoxy groups -OCH3 is 1. The van der Waals surface area contributed by atoms with Gasteiger partial charge in [-0.1, -0.05) is 0 Å². The summed E-state index contributed by atoms with van der Waals surface area (Å²) < 4.78 is 11.7. The Bertz CT molecular complexity index is 667. The lowest BCUT2D eigenvalue weighted by atomic mass is 10.1. The van der Waals surface area contributed by atoms with Crippen LogP contribution in [0.4, 0.5) is 0 Å². The predicted molar refractivity (Wildman–Crippen MR) is 81.0 cm³/mol. The van der Waals surface area contributed by atoms with E-state index in [-0.39, 0.29) is 11.8 Å². The lowest BCUT2D eigenvalue weighted by Crippen LogP contribution is -2.06. The zero-order chi connectivity index (χ0) is 15.6. The molecule has 2 rings (SSSR count). The summed E-state index contributed by atoms with van der Waals surface area (Å²) in [5, 5.41) is 15.4. The van der Waals surface area contributed by atoms with E-state index in [0.717, 1.165) is 4.47 Å². The number of rotatable bonds is 5. The van der Waals surface area contributed by atoms with Crippen molar-refractivity contribution in [1.29, 1.82) is 0 Å². The van der Waals surface area contributed by atoms with E-state index in [1.165, 1.54) is 6.07 Å². The maximum atomic E-state index is 10.9. The minimum Gasteiger partial charge on any atom is -0.493 e. The largest absolute Gasteiger partial charge is 0.493 e. The molecule has 0 unspecified atom stereocenters. The molecule has 0 atom stereocenters. The fraction of sp³-hybridized carbons (Fsp3) is 0.286. The van der Waals surface area contributed by atoms with Crippen LogP contribution in [0.15, 0.2) is 22.7 Å². The number of benzene rings is 1. The molecule has 21 heavy (non-hydrogen) atoms. The quantitative estimate of drug-likeness (QED) is 0.859. The first-order valence-electron chi connectivity index (χ1n) is 6.25. The Kier molecular flexibility index (Phi) is 4.52. The summed E-state index contributed by atoms with van der Waals surface area (Å²) in [5.74, 6) is 0.107. The third-order valence-electron chi connectivity index (χ3n) is 2.70. The number of carboxylic acid groups (broad SMARTS) is 1. The minimum absolute atomic E-state index is 0.0145. The lowest BCUT2D eigenvalue weighted by molar-refractivity contribution is 0.0690. The van der Waals surface area contributed by atoms with Crippen molar-refractivity contribution < 1.29 is 19.4 Å². The van der Waals surface area contributed by atoms with Crippen LogP contribution in [-0.2, 0) is 0 Å². The van der Waals surface area contributed by atoms with E-state index in [2.05, 4.69) is 26.1 Å². The molecule has 1 aromatic carbocycles.